The lowest BCUT2D eigenvalue weighted by atomic mass is 10.1. The fraction of sp³-hybridized carbons (Fsp3) is 0. The molecule has 4 heterocycles. The van der Waals surface area contributed by atoms with Crippen LogP contribution < -0.4 is 5.84 Å². The van der Waals surface area contributed by atoms with Crippen molar-refractivity contribution in [2.45, 2.75) is 0 Å². The summed E-state index contributed by atoms with van der Waals surface area (Å²) in [4.78, 5) is 13.4. The molecule has 25 heavy (non-hydrogen) atoms. The zero-order valence-electron chi connectivity index (χ0n) is 13.1. The monoisotopic (exact) mass is 329 g/mol. The van der Waals surface area contributed by atoms with Crippen molar-refractivity contribution in [1.29, 1.82) is 0 Å². The van der Waals surface area contributed by atoms with Crippen LogP contribution in [0.3, 0.4) is 0 Å². The van der Waals surface area contributed by atoms with E-state index in [9.17, 15) is 0 Å². The van der Waals surface area contributed by atoms with Crippen molar-refractivity contribution in [3.8, 4) is 0 Å². The lowest BCUT2D eigenvalue weighted by Gasteiger charge is -2.20. The van der Waals surface area contributed by atoms with E-state index in [0.717, 1.165) is 16.5 Å². The van der Waals surface area contributed by atoms with Gasteiger partial charge >= 0.3 is 0 Å². The van der Waals surface area contributed by atoms with Gasteiger partial charge in [-0.2, -0.15) is 4.99 Å². The first-order valence-corrected chi connectivity index (χ1v) is 7.75. The molecule has 0 fully saturated rings. The Morgan fingerprint density at radius 3 is 2.84 bits per heavy atom. The molecule has 0 amide bonds. The van der Waals surface area contributed by atoms with E-state index in [2.05, 4.69) is 20.1 Å². The Bertz CT molecular complexity index is 1100. The number of rotatable bonds is 2. The molecule has 2 aliphatic rings. The van der Waals surface area contributed by atoms with Gasteiger partial charge in [-0.1, -0.05) is 24.3 Å². The molecule has 0 bridgehead atoms. The summed E-state index contributed by atoms with van der Waals surface area (Å²) in [5, 5.41) is 5.53. The average Bonchev–Trinajstić information content (AvgIpc) is 3.27. The van der Waals surface area contributed by atoms with Crippen LogP contribution in [0.1, 0.15) is 11.3 Å². The third kappa shape index (κ3) is 2.14. The quantitative estimate of drug-likeness (QED) is 0.579. The fourth-order valence-electron chi connectivity index (χ4n) is 2.94. The molecular formula is C18H13N6O+. The predicted octanol–water partition coefficient (Wildman–Crippen LogP) is 2.68. The summed E-state index contributed by atoms with van der Waals surface area (Å²) in [7, 11) is 0. The van der Waals surface area contributed by atoms with Crippen LogP contribution in [-0.2, 0) is 0 Å². The Labute approximate surface area is 142 Å². The Morgan fingerprint density at radius 2 is 1.96 bits per heavy atom. The average molecular weight is 329 g/mol. The van der Waals surface area contributed by atoms with Gasteiger partial charge in [-0.3, -0.25) is 4.98 Å². The van der Waals surface area contributed by atoms with Gasteiger partial charge in [0.05, 0.1) is 11.8 Å². The highest BCUT2D eigenvalue weighted by Crippen LogP contribution is 2.29. The molecule has 2 aromatic heterocycles. The van der Waals surface area contributed by atoms with Crippen LogP contribution >= 0.6 is 0 Å². The number of nitrogens with two attached hydrogens (primary N) is 1. The fourth-order valence-corrected chi connectivity index (χ4v) is 2.94. The molecule has 1 atom stereocenters. The van der Waals surface area contributed by atoms with Gasteiger partial charge in [0.25, 0.3) is 11.7 Å². The molecule has 0 saturated carbocycles. The Balaban J connectivity index is 1.64. The molecule has 1 aromatic carbocycles. The number of para-hydroxylation sites is 1. The summed E-state index contributed by atoms with van der Waals surface area (Å²) in [6.45, 7) is 0. The van der Waals surface area contributed by atoms with Crippen molar-refractivity contribution in [2.24, 2.45) is 20.9 Å². The topological polar surface area (TPSA) is 89.1 Å². The number of fused-ring (bicyclic) bond motifs is 2. The lowest BCUT2D eigenvalue weighted by Crippen LogP contribution is -2.50. The number of hydrogen-bond donors (Lipinski definition) is 1. The smallest absolute Gasteiger partial charge is 0.300 e. The molecule has 5 rings (SSSR count). The maximum Gasteiger partial charge on any atom is 0.300 e. The summed E-state index contributed by atoms with van der Waals surface area (Å²) in [5.41, 5.74) is 2.48. The number of quaternary nitrogens is 1. The van der Waals surface area contributed by atoms with Crippen molar-refractivity contribution < 1.29 is 9.12 Å². The maximum absolute atomic E-state index is 6.42. The summed E-state index contributed by atoms with van der Waals surface area (Å²) in [5.74, 6) is 7.97. The van der Waals surface area contributed by atoms with E-state index in [-0.39, 0.29) is 4.70 Å². The number of hydrogen-bond acceptors (Lipinski definition) is 6. The largest absolute Gasteiger partial charge is 0.461 e. The molecule has 1 unspecified atom stereocenters. The molecule has 3 aromatic rings. The molecule has 2 aliphatic heterocycles. The van der Waals surface area contributed by atoms with Crippen LogP contribution in [0, 0.1) is 0 Å². The van der Waals surface area contributed by atoms with Crippen LogP contribution in [0.2, 0.25) is 0 Å². The Kier molecular flexibility index (Phi) is 2.81. The van der Waals surface area contributed by atoms with Crippen molar-refractivity contribution in [3.63, 3.8) is 0 Å². The number of benzene rings is 1. The number of aromatic nitrogens is 1. The maximum atomic E-state index is 6.42. The highest BCUT2D eigenvalue weighted by molar-refractivity contribution is 6.32. The second-order valence-electron chi connectivity index (χ2n) is 5.76. The van der Waals surface area contributed by atoms with Crippen LogP contribution in [0.25, 0.3) is 16.6 Å². The first-order chi connectivity index (χ1) is 12.2. The number of aliphatic imine (C=N–C) groups is 2. The van der Waals surface area contributed by atoms with Crippen molar-refractivity contribution in [2.75, 3.05) is 0 Å². The predicted molar refractivity (Wildman–Crippen MR) is 95.3 cm³/mol. The minimum atomic E-state index is -0.294. The summed E-state index contributed by atoms with van der Waals surface area (Å²) in [6.07, 6.45) is 6.74. The summed E-state index contributed by atoms with van der Waals surface area (Å²) in [6, 6.07) is 13.5. The minimum Gasteiger partial charge on any atom is -0.461 e. The molecule has 7 nitrogen and oxygen atoms in total. The van der Waals surface area contributed by atoms with E-state index in [4.69, 9.17) is 10.3 Å². The normalized spacial score (nSPS) is 21.7. The number of amidine groups is 2. The van der Waals surface area contributed by atoms with Crippen LogP contribution in [0.15, 0.2) is 80.6 Å². The lowest BCUT2D eigenvalue weighted by molar-refractivity contribution is -0.802. The van der Waals surface area contributed by atoms with Crippen LogP contribution in [-0.4, -0.2) is 27.6 Å². The second-order valence-corrected chi connectivity index (χ2v) is 5.76. The second kappa shape index (κ2) is 5.04. The molecule has 0 saturated heterocycles. The highest BCUT2D eigenvalue weighted by atomic mass is 16.3. The van der Waals surface area contributed by atoms with Gasteiger partial charge in [-0.05, 0) is 28.0 Å². The van der Waals surface area contributed by atoms with Gasteiger partial charge in [-0.15, -0.1) is 5.84 Å². The zero-order chi connectivity index (χ0) is 16.9. The van der Waals surface area contributed by atoms with Gasteiger partial charge in [0.15, 0.2) is 12.0 Å². The van der Waals surface area contributed by atoms with E-state index in [1.165, 1.54) is 0 Å². The Morgan fingerprint density at radius 1 is 1.04 bits per heavy atom. The minimum absolute atomic E-state index is 0.294. The molecule has 2 N–H and O–H groups in total. The van der Waals surface area contributed by atoms with Crippen molar-refractivity contribution in [3.05, 3.63) is 72.4 Å². The van der Waals surface area contributed by atoms with Crippen LogP contribution in [0.4, 0.5) is 0 Å². The summed E-state index contributed by atoms with van der Waals surface area (Å²) < 4.78 is 5.07. The molecule has 0 radical (unpaired) electrons. The van der Waals surface area contributed by atoms with Crippen molar-refractivity contribution in [1.82, 2.24) is 4.98 Å². The Hall–Kier alpha value is -3.42. The first kappa shape index (κ1) is 14.0. The molecule has 0 aliphatic carbocycles. The van der Waals surface area contributed by atoms with Gasteiger partial charge in [-0.25, -0.2) is 4.99 Å². The third-order valence-corrected chi connectivity index (χ3v) is 4.14. The standard InChI is InChI=1S/C18H13N6O/c19-24-11-14(13-6-1-4-12-5-2-8-20-17(12)13)21-10-16(24)22-18(23-24)15-7-3-9-25-15/h1-11H,19H2/q+1. The van der Waals surface area contributed by atoms with Crippen LogP contribution in [0.5, 0.6) is 0 Å². The molecule has 0 spiro atoms. The number of pyridine rings is 1. The first-order valence-electron chi connectivity index (χ1n) is 7.75. The molecule has 7 heteroatoms. The third-order valence-electron chi connectivity index (χ3n) is 4.14. The van der Waals surface area contributed by atoms with E-state index < -0.39 is 0 Å². The highest BCUT2D eigenvalue weighted by Gasteiger charge is 2.40. The zero-order valence-corrected chi connectivity index (χ0v) is 13.1. The number of furan rings is 1. The van der Waals surface area contributed by atoms with E-state index >= 15 is 0 Å². The van der Waals surface area contributed by atoms with Gasteiger partial charge in [0.1, 0.15) is 11.9 Å². The SMILES string of the molecule is N[N+]12C=C(c3cccc4cccnc34)N=CC1=NC(c1ccco1)=N2. The molecular weight excluding hydrogens is 316 g/mol. The molecule has 120 valence electrons. The van der Waals surface area contributed by atoms with E-state index in [0.29, 0.717) is 23.1 Å². The van der Waals surface area contributed by atoms with Gasteiger partial charge in [0, 0.05) is 17.1 Å². The van der Waals surface area contributed by atoms with E-state index in [1.807, 2.05) is 30.3 Å². The summed E-state index contributed by atoms with van der Waals surface area (Å²) >= 11 is 0. The number of nitrogens with zero attached hydrogens (tertiary/aromatic N) is 5. The van der Waals surface area contributed by atoms with Crippen molar-refractivity contribution >= 4 is 34.5 Å². The van der Waals surface area contributed by atoms with Gasteiger partial charge in [0.2, 0.25) is 0 Å². The van der Waals surface area contributed by atoms with Gasteiger partial charge < -0.3 is 4.42 Å². The van der Waals surface area contributed by atoms with E-state index in [1.54, 1.807) is 37.0 Å².